The van der Waals surface area contributed by atoms with E-state index in [0.29, 0.717) is 5.69 Å². The van der Waals surface area contributed by atoms with Gasteiger partial charge >= 0.3 is 0 Å². The summed E-state index contributed by atoms with van der Waals surface area (Å²) in [5, 5.41) is 4.09. The number of hydrogen-bond acceptors (Lipinski definition) is 3. The van der Waals surface area contributed by atoms with Crippen LogP contribution in [0.2, 0.25) is 0 Å². The normalized spacial score (nSPS) is 18.1. The van der Waals surface area contributed by atoms with Crippen molar-refractivity contribution in [3.05, 3.63) is 47.8 Å². The van der Waals surface area contributed by atoms with E-state index in [1.165, 1.54) is 11.1 Å². The van der Waals surface area contributed by atoms with Crippen LogP contribution in [0.1, 0.15) is 30.0 Å². The van der Waals surface area contributed by atoms with Gasteiger partial charge in [-0.25, -0.2) is 0 Å². The molecule has 2 heterocycles. The quantitative estimate of drug-likeness (QED) is 0.939. The maximum Gasteiger partial charge on any atom is 0.244 e. The van der Waals surface area contributed by atoms with Crippen molar-refractivity contribution < 1.29 is 4.79 Å². The molecule has 2 N–H and O–H groups in total. The molecule has 1 atom stereocenters. The van der Waals surface area contributed by atoms with E-state index in [-0.39, 0.29) is 18.5 Å². The minimum absolute atomic E-state index is 0.101. The fourth-order valence-corrected chi connectivity index (χ4v) is 3.04. The third-order valence-corrected chi connectivity index (χ3v) is 4.07. The lowest BCUT2D eigenvalue weighted by Crippen LogP contribution is -2.33. The van der Waals surface area contributed by atoms with Crippen LogP contribution in [0.15, 0.2) is 36.7 Å². The third kappa shape index (κ3) is 2.77. The summed E-state index contributed by atoms with van der Waals surface area (Å²) in [5.41, 5.74) is 8.72. The second-order valence-electron chi connectivity index (χ2n) is 5.57. The van der Waals surface area contributed by atoms with Crippen LogP contribution in [0.25, 0.3) is 0 Å². The van der Waals surface area contributed by atoms with Gasteiger partial charge in [-0.15, -0.1) is 0 Å². The van der Waals surface area contributed by atoms with Crippen LogP contribution in [0.4, 0.5) is 5.69 Å². The molecule has 2 aromatic rings. The predicted molar refractivity (Wildman–Crippen MR) is 81.5 cm³/mol. The van der Waals surface area contributed by atoms with Gasteiger partial charge in [-0.2, -0.15) is 5.10 Å². The fraction of sp³-hybridized carbons (Fsp3) is 0.375. The molecule has 0 bridgehead atoms. The molecule has 3 rings (SSSR count). The molecule has 1 saturated heterocycles. The van der Waals surface area contributed by atoms with Gasteiger partial charge < -0.3 is 10.6 Å². The Hall–Kier alpha value is -2.30. The summed E-state index contributed by atoms with van der Waals surface area (Å²) in [7, 11) is 0. The van der Waals surface area contributed by atoms with Crippen LogP contribution in [-0.2, 0) is 11.3 Å². The maximum atomic E-state index is 12.5. The summed E-state index contributed by atoms with van der Waals surface area (Å²) in [5.74, 6) is 0.101. The maximum absolute atomic E-state index is 12.5. The summed E-state index contributed by atoms with van der Waals surface area (Å²) in [6, 6.07) is 8.48. The average Bonchev–Trinajstić information content (AvgIpc) is 3.08. The molecular weight excluding hydrogens is 264 g/mol. The molecule has 0 saturated carbocycles. The highest BCUT2D eigenvalue weighted by Gasteiger charge is 2.30. The van der Waals surface area contributed by atoms with Gasteiger partial charge in [-0.05, 0) is 30.9 Å². The van der Waals surface area contributed by atoms with Gasteiger partial charge in [0.2, 0.25) is 5.91 Å². The number of hydrogen-bond donors (Lipinski definition) is 1. The summed E-state index contributed by atoms with van der Waals surface area (Å²) in [6.45, 7) is 3.17. The van der Waals surface area contributed by atoms with E-state index in [2.05, 4.69) is 24.2 Å². The molecule has 0 spiro atoms. The lowest BCUT2D eigenvalue weighted by Gasteiger charge is -2.26. The van der Waals surface area contributed by atoms with Crippen molar-refractivity contribution in [1.82, 2.24) is 14.7 Å². The fourth-order valence-electron chi connectivity index (χ4n) is 3.04. The summed E-state index contributed by atoms with van der Waals surface area (Å²) in [4.78, 5) is 14.5. The molecule has 110 valence electrons. The van der Waals surface area contributed by atoms with E-state index in [9.17, 15) is 4.79 Å². The Kier molecular flexibility index (Phi) is 3.64. The molecule has 1 aromatic heterocycles. The minimum atomic E-state index is 0.101. The van der Waals surface area contributed by atoms with Crippen LogP contribution in [0, 0.1) is 6.92 Å². The molecule has 1 aliphatic heterocycles. The topological polar surface area (TPSA) is 64.2 Å². The van der Waals surface area contributed by atoms with Crippen LogP contribution in [0.5, 0.6) is 0 Å². The Morgan fingerprint density at radius 2 is 2.24 bits per heavy atom. The number of nitrogen functional groups attached to an aromatic ring is 1. The Bertz CT molecular complexity index is 649. The number of carbonyl (C=O) groups is 1. The lowest BCUT2D eigenvalue weighted by molar-refractivity contribution is -0.133. The smallest absolute Gasteiger partial charge is 0.244 e. The van der Waals surface area contributed by atoms with Gasteiger partial charge in [0, 0.05) is 12.7 Å². The average molecular weight is 284 g/mol. The molecular formula is C16H20N4O. The second kappa shape index (κ2) is 5.60. The Labute approximate surface area is 124 Å². The number of anilines is 1. The number of aromatic nitrogens is 2. The molecule has 21 heavy (non-hydrogen) atoms. The Balaban J connectivity index is 1.77. The first-order valence-electron chi connectivity index (χ1n) is 7.28. The molecule has 5 nitrogen and oxygen atoms in total. The Morgan fingerprint density at radius 1 is 1.43 bits per heavy atom. The number of nitrogens with two attached hydrogens (primary N) is 1. The zero-order valence-electron chi connectivity index (χ0n) is 12.2. The van der Waals surface area contributed by atoms with Crippen molar-refractivity contribution in [2.24, 2.45) is 0 Å². The third-order valence-electron chi connectivity index (χ3n) is 4.07. The van der Waals surface area contributed by atoms with Crippen molar-refractivity contribution in [2.75, 3.05) is 12.3 Å². The van der Waals surface area contributed by atoms with Gasteiger partial charge in [-0.3, -0.25) is 9.48 Å². The highest BCUT2D eigenvalue weighted by atomic mass is 16.2. The predicted octanol–water partition coefficient (Wildman–Crippen LogP) is 2.14. The zero-order chi connectivity index (χ0) is 14.8. The van der Waals surface area contributed by atoms with Gasteiger partial charge in [-0.1, -0.05) is 24.3 Å². The first-order chi connectivity index (χ1) is 10.1. The number of likely N-dealkylation sites (tertiary alicyclic amines) is 1. The van der Waals surface area contributed by atoms with Gasteiger partial charge in [0.15, 0.2) is 0 Å². The molecule has 1 fully saturated rings. The van der Waals surface area contributed by atoms with Crippen molar-refractivity contribution in [1.29, 1.82) is 0 Å². The highest BCUT2D eigenvalue weighted by Crippen LogP contribution is 2.33. The van der Waals surface area contributed by atoms with Gasteiger partial charge in [0.05, 0.1) is 17.9 Å². The molecule has 0 radical (unpaired) electrons. The van der Waals surface area contributed by atoms with E-state index in [4.69, 9.17) is 5.73 Å². The second-order valence-corrected chi connectivity index (χ2v) is 5.57. The largest absolute Gasteiger partial charge is 0.396 e. The number of benzene rings is 1. The van der Waals surface area contributed by atoms with E-state index in [1.54, 1.807) is 17.1 Å². The van der Waals surface area contributed by atoms with Crippen LogP contribution >= 0.6 is 0 Å². The number of aryl methyl sites for hydroxylation is 1. The highest BCUT2D eigenvalue weighted by molar-refractivity contribution is 5.77. The van der Waals surface area contributed by atoms with Gasteiger partial charge in [0.25, 0.3) is 0 Å². The standard InChI is InChI=1S/C16H20N4O/c1-12-5-2-3-6-14(12)15-7-4-8-20(15)16(21)11-19-10-13(17)9-18-19/h2-3,5-6,9-10,15H,4,7-8,11,17H2,1H3. The zero-order valence-corrected chi connectivity index (χ0v) is 12.2. The molecule has 1 aliphatic rings. The van der Waals surface area contributed by atoms with E-state index >= 15 is 0 Å². The number of amides is 1. The van der Waals surface area contributed by atoms with Crippen LogP contribution < -0.4 is 5.73 Å². The number of carbonyl (C=O) groups excluding carboxylic acids is 1. The molecule has 1 aromatic carbocycles. The van der Waals surface area contributed by atoms with Crippen molar-refractivity contribution >= 4 is 11.6 Å². The Morgan fingerprint density at radius 3 is 2.95 bits per heavy atom. The first-order valence-corrected chi connectivity index (χ1v) is 7.28. The van der Waals surface area contributed by atoms with E-state index < -0.39 is 0 Å². The molecule has 1 amide bonds. The molecule has 0 aliphatic carbocycles. The first kappa shape index (κ1) is 13.7. The van der Waals surface area contributed by atoms with Crippen LogP contribution in [-0.4, -0.2) is 27.1 Å². The SMILES string of the molecule is Cc1ccccc1C1CCCN1C(=O)Cn1cc(N)cn1. The van der Waals surface area contributed by atoms with Crippen molar-refractivity contribution in [3.8, 4) is 0 Å². The monoisotopic (exact) mass is 284 g/mol. The number of nitrogens with zero attached hydrogens (tertiary/aromatic N) is 3. The van der Waals surface area contributed by atoms with E-state index in [1.807, 2.05) is 17.0 Å². The minimum Gasteiger partial charge on any atom is -0.396 e. The molecule has 1 unspecified atom stereocenters. The van der Waals surface area contributed by atoms with Crippen molar-refractivity contribution in [2.45, 2.75) is 32.4 Å². The number of rotatable bonds is 3. The lowest BCUT2D eigenvalue weighted by atomic mass is 9.99. The summed E-state index contributed by atoms with van der Waals surface area (Å²) in [6.07, 6.45) is 5.33. The van der Waals surface area contributed by atoms with Crippen LogP contribution in [0.3, 0.4) is 0 Å². The van der Waals surface area contributed by atoms with E-state index in [0.717, 1.165) is 19.4 Å². The van der Waals surface area contributed by atoms with Gasteiger partial charge in [0.1, 0.15) is 6.54 Å². The van der Waals surface area contributed by atoms with Crippen molar-refractivity contribution in [3.63, 3.8) is 0 Å². The molecule has 5 heteroatoms. The summed E-state index contributed by atoms with van der Waals surface area (Å²) >= 11 is 0. The summed E-state index contributed by atoms with van der Waals surface area (Å²) < 4.78 is 1.60.